The van der Waals surface area contributed by atoms with Gasteiger partial charge in [-0.15, -0.1) is 11.8 Å². The summed E-state index contributed by atoms with van der Waals surface area (Å²) in [7, 11) is -4.10. The van der Waals surface area contributed by atoms with E-state index < -0.39 is 31.6 Å². The largest absolute Gasteiger partial charge is 0.431 e. The molecule has 0 aliphatic heterocycles. The molecule has 0 aliphatic carbocycles. The molecule has 31 heavy (non-hydrogen) atoms. The molecule has 2 rings (SSSR count). The van der Waals surface area contributed by atoms with E-state index in [9.17, 15) is 23.3 Å². The first-order valence-corrected chi connectivity index (χ1v) is 12.0. The van der Waals surface area contributed by atoms with E-state index in [1.54, 1.807) is 0 Å². The molecule has 2 aromatic carbocycles. The number of hydrogen-bond acceptors (Lipinski definition) is 8. The van der Waals surface area contributed by atoms with Gasteiger partial charge in [0.05, 0.1) is 9.82 Å². The van der Waals surface area contributed by atoms with Crippen molar-refractivity contribution in [3.63, 3.8) is 0 Å². The molecule has 0 heterocycles. The number of nitrogens with two attached hydrogens (primary N) is 1. The molecule has 1 amide bonds. The minimum absolute atomic E-state index is 0.177. The fourth-order valence-electron chi connectivity index (χ4n) is 2.54. The number of amides is 1. The fraction of sp³-hybridized carbons (Fsp3) is 0.316. The van der Waals surface area contributed by atoms with E-state index in [0.29, 0.717) is 6.54 Å². The number of hydrogen-bond donors (Lipinski definition) is 3. The first kappa shape index (κ1) is 24.4. The highest BCUT2D eigenvalue weighted by atomic mass is 32.2. The predicted octanol–water partition coefficient (Wildman–Crippen LogP) is 3.65. The SMILES string of the molecule is NS(=O)(=O)c1ccc(NOC(=O)NCCCCCCSc2ccccc2)c([N+](=O)[O-])c1. The van der Waals surface area contributed by atoms with Gasteiger partial charge in [-0.1, -0.05) is 31.0 Å². The van der Waals surface area contributed by atoms with E-state index in [0.717, 1.165) is 49.6 Å². The van der Waals surface area contributed by atoms with E-state index in [-0.39, 0.29) is 5.69 Å². The summed E-state index contributed by atoms with van der Waals surface area (Å²) in [4.78, 5) is 27.6. The molecule has 0 fully saturated rings. The first-order chi connectivity index (χ1) is 14.8. The second-order valence-corrected chi connectivity index (χ2v) is 9.20. The Kier molecular flexibility index (Phi) is 9.56. The Hall–Kier alpha value is -2.83. The molecule has 4 N–H and O–H groups in total. The molecule has 0 saturated carbocycles. The zero-order valence-electron chi connectivity index (χ0n) is 16.7. The number of rotatable bonds is 12. The van der Waals surface area contributed by atoms with E-state index in [2.05, 4.69) is 22.9 Å². The number of nitrogens with zero attached hydrogens (tertiary/aromatic N) is 1. The van der Waals surface area contributed by atoms with Crippen molar-refractivity contribution in [1.29, 1.82) is 0 Å². The number of nitro groups is 1. The molecule has 2 aromatic rings. The highest BCUT2D eigenvalue weighted by molar-refractivity contribution is 7.99. The lowest BCUT2D eigenvalue weighted by Crippen LogP contribution is -2.27. The van der Waals surface area contributed by atoms with Crippen molar-refractivity contribution in [2.45, 2.75) is 35.5 Å². The Morgan fingerprint density at radius 2 is 1.81 bits per heavy atom. The van der Waals surface area contributed by atoms with Gasteiger partial charge in [0.1, 0.15) is 5.69 Å². The Bertz CT molecular complexity index is 986. The average Bonchev–Trinajstić information content (AvgIpc) is 2.74. The van der Waals surface area contributed by atoms with E-state index >= 15 is 0 Å². The number of thioether (sulfide) groups is 1. The summed E-state index contributed by atoms with van der Waals surface area (Å²) in [6.45, 7) is 0.402. The smallest absolute Gasteiger partial charge is 0.324 e. The first-order valence-electron chi connectivity index (χ1n) is 9.47. The number of nitro benzene ring substituents is 1. The number of sulfonamides is 1. The molecule has 0 atom stereocenters. The number of carbonyl (C=O) groups is 1. The zero-order valence-corrected chi connectivity index (χ0v) is 18.3. The predicted molar refractivity (Wildman–Crippen MR) is 118 cm³/mol. The van der Waals surface area contributed by atoms with Gasteiger partial charge in [0.15, 0.2) is 0 Å². The van der Waals surface area contributed by atoms with E-state index in [1.807, 2.05) is 30.0 Å². The van der Waals surface area contributed by atoms with Crippen LogP contribution in [0.1, 0.15) is 25.7 Å². The van der Waals surface area contributed by atoms with Gasteiger partial charge in [0, 0.05) is 17.5 Å². The zero-order chi connectivity index (χ0) is 22.7. The molecule has 0 unspecified atom stereocenters. The second kappa shape index (κ2) is 12.1. The van der Waals surface area contributed by atoms with Crippen LogP contribution in [0.25, 0.3) is 0 Å². The van der Waals surface area contributed by atoms with Gasteiger partial charge in [-0.25, -0.2) is 23.8 Å². The highest BCUT2D eigenvalue weighted by Crippen LogP contribution is 2.27. The third-order valence-corrected chi connectivity index (χ3v) is 6.11. The fourth-order valence-corrected chi connectivity index (χ4v) is 4.01. The van der Waals surface area contributed by atoms with Crippen LogP contribution in [0.15, 0.2) is 58.3 Å². The quantitative estimate of drug-likeness (QED) is 0.185. The van der Waals surface area contributed by atoms with Gasteiger partial charge < -0.3 is 10.2 Å². The molecular formula is C19H24N4O6S2. The third-order valence-electron chi connectivity index (χ3n) is 4.10. The Labute approximate surface area is 184 Å². The number of nitrogens with one attached hydrogen (secondary N) is 2. The summed E-state index contributed by atoms with van der Waals surface area (Å²) in [5.74, 6) is 1.03. The minimum atomic E-state index is -4.10. The normalized spacial score (nSPS) is 11.0. The molecule has 0 radical (unpaired) electrons. The topological polar surface area (TPSA) is 154 Å². The molecule has 10 nitrogen and oxygen atoms in total. The summed E-state index contributed by atoms with van der Waals surface area (Å²) in [5, 5.41) is 18.6. The van der Waals surface area contributed by atoms with Crippen molar-refractivity contribution >= 4 is 39.3 Å². The van der Waals surface area contributed by atoms with Crippen molar-refractivity contribution < 1.29 is 23.0 Å². The van der Waals surface area contributed by atoms with Gasteiger partial charge in [-0.05, 0) is 42.9 Å². The Morgan fingerprint density at radius 1 is 1.10 bits per heavy atom. The Morgan fingerprint density at radius 3 is 2.48 bits per heavy atom. The van der Waals surface area contributed by atoms with Crippen molar-refractivity contribution in [1.82, 2.24) is 5.32 Å². The van der Waals surface area contributed by atoms with E-state index in [4.69, 9.17) is 9.98 Å². The highest BCUT2D eigenvalue weighted by Gasteiger charge is 2.20. The van der Waals surface area contributed by atoms with Crippen LogP contribution in [0, 0.1) is 10.1 Å². The molecule has 0 bridgehead atoms. The molecule has 168 valence electrons. The maximum atomic E-state index is 11.7. The van der Waals surface area contributed by atoms with Gasteiger partial charge >= 0.3 is 6.09 Å². The molecule has 0 spiro atoms. The summed E-state index contributed by atoms with van der Waals surface area (Å²) in [5.41, 5.74) is 1.40. The maximum Gasteiger partial charge on any atom is 0.431 e. The second-order valence-electron chi connectivity index (χ2n) is 6.48. The van der Waals surface area contributed by atoms with Crippen molar-refractivity contribution in [2.75, 3.05) is 17.8 Å². The lowest BCUT2D eigenvalue weighted by atomic mass is 10.2. The van der Waals surface area contributed by atoms with Gasteiger partial charge in [-0.2, -0.15) is 0 Å². The molecule has 0 saturated heterocycles. The van der Waals surface area contributed by atoms with Crippen molar-refractivity contribution in [3.8, 4) is 0 Å². The van der Waals surface area contributed by atoms with Crippen LogP contribution in [0.4, 0.5) is 16.2 Å². The molecule has 0 aliphatic rings. The standard InChI is InChI=1S/C19H24N4O6S2/c20-31(27,28)16-10-11-17(18(14-16)23(25)26)22-29-19(24)21-12-6-1-2-7-13-30-15-8-4-3-5-9-15/h3-5,8-11,14,22H,1-2,6-7,12-13H2,(H,21,24)(H2,20,27,28). The maximum absolute atomic E-state index is 11.7. The monoisotopic (exact) mass is 468 g/mol. The summed E-state index contributed by atoms with van der Waals surface area (Å²) in [6, 6.07) is 13.1. The lowest BCUT2D eigenvalue weighted by molar-refractivity contribution is -0.384. The van der Waals surface area contributed by atoms with Crippen LogP contribution < -0.4 is 15.9 Å². The van der Waals surface area contributed by atoms with Crippen LogP contribution in [0.3, 0.4) is 0 Å². The summed E-state index contributed by atoms with van der Waals surface area (Å²) >= 11 is 1.81. The minimum Gasteiger partial charge on any atom is -0.324 e. The molecule has 0 aromatic heterocycles. The summed E-state index contributed by atoms with van der Waals surface area (Å²) in [6.07, 6.45) is 3.03. The number of primary sulfonamides is 1. The van der Waals surface area contributed by atoms with Gasteiger partial charge in [0.25, 0.3) is 5.69 Å². The van der Waals surface area contributed by atoms with Gasteiger partial charge in [-0.3, -0.25) is 10.1 Å². The molecular weight excluding hydrogens is 444 g/mol. The number of anilines is 1. The Balaban J connectivity index is 1.64. The van der Waals surface area contributed by atoms with Crippen LogP contribution in [-0.4, -0.2) is 31.7 Å². The summed E-state index contributed by atoms with van der Waals surface area (Å²) < 4.78 is 22.6. The molecule has 12 heteroatoms. The third kappa shape index (κ3) is 8.82. The number of carbonyl (C=O) groups excluding carboxylic acids is 1. The lowest BCUT2D eigenvalue weighted by Gasteiger charge is -2.09. The van der Waals surface area contributed by atoms with E-state index in [1.165, 1.54) is 4.90 Å². The van der Waals surface area contributed by atoms with Crippen molar-refractivity contribution in [3.05, 3.63) is 58.6 Å². The average molecular weight is 469 g/mol. The van der Waals surface area contributed by atoms with Crippen LogP contribution in [0.2, 0.25) is 0 Å². The van der Waals surface area contributed by atoms with Crippen LogP contribution >= 0.6 is 11.8 Å². The van der Waals surface area contributed by atoms with Crippen LogP contribution in [-0.2, 0) is 14.9 Å². The number of benzene rings is 2. The van der Waals surface area contributed by atoms with Gasteiger partial charge in [0.2, 0.25) is 10.0 Å². The van der Waals surface area contributed by atoms with Crippen LogP contribution in [0.5, 0.6) is 0 Å². The van der Waals surface area contributed by atoms with Crippen molar-refractivity contribution in [2.24, 2.45) is 5.14 Å². The number of unbranched alkanes of at least 4 members (excludes halogenated alkanes) is 3.